The Morgan fingerprint density at radius 1 is 1.31 bits per heavy atom. The molecule has 1 N–H and O–H groups in total. The Kier molecular flexibility index (Phi) is 3.52. The molecule has 4 heteroatoms. The van der Waals surface area contributed by atoms with E-state index in [1.165, 1.54) is 0 Å². The van der Waals surface area contributed by atoms with Gasteiger partial charge < -0.3 is 4.74 Å². The molecule has 0 bridgehead atoms. The fourth-order valence-electron chi connectivity index (χ4n) is 1.10. The summed E-state index contributed by atoms with van der Waals surface area (Å²) in [7, 11) is 0. The lowest BCUT2D eigenvalue weighted by molar-refractivity contribution is 0.0635. The summed E-state index contributed by atoms with van der Waals surface area (Å²) >= 11 is 0. The Hall–Kier alpha value is -1.58. The number of nitrogens with zero attached hydrogens (tertiary/aromatic N) is 1. The number of hydrogen-bond acceptors (Lipinski definition) is 3. The normalized spacial score (nSPS) is 11.1. The Bertz CT molecular complexity index is 394. The van der Waals surface area contributed by atoms with Crippen LogP contribution in [0.25, 0.3) is 0 Å². The molecule has 1 heterocycles. The number of carbonyl (C=O) groups excluding carboxylic acids is 1. The molecular formula is C12H18N2O2. The van der Waals surface area contributed by atoms with Gasteiger partial charge in [-0.15, -0.1) is 0 Å². The lowest BCUT2D eigenvalue weighted by Crippen LogP contribution is -2.27. The molecule has 16 heavy (non-hydrogen) atoms. The average Bonchev–Trinajstić information content (AvgIpc) is 2.08. The van der Waals surface area contributed by atoms with E-state index in [4.69, 9.17) is 4.74 Å². The summed E-state index contributed by atoms with van der Waals surface area (Å²) < 4.78 is 5.12. The zero-order valence-corrected chi connectivity index (χ0v) is 10.4. The van der Waals surface area contributed by atoms with Gasteiger partial charge in [-0.2, -0.15) is 0 Å². The van der Waals surface area contributed by atoms with Crippen molar-refractivity contribution in [2.45, 2.75) is 40.2 Å². The molecule has 0 spiro atoms. The minimum atomic E-state index is -0.496. The van der Waals surface area contributed by atoms with Crippen LogP contribution in [0.1, 0.15) is 31.9 Å². The molecule has 4 nitrogen and oxygen atoms in total. The van der Waals surface area contributed by atoms with Crippen LogP contribution in [-0.2, 0) is 4.74 Å². The van der Waals surface area contributed by atoms with Gasteiger partial charge in [-0.1, -0.05) is 0 Å². The van der Waals surface area contributed by atoms with E-state index in [9.17, 15) is 4.79 Å². The van der Waals surface area contributed by atoms with Crippen LogP contribution >= 0.6 is 0 Å². The average molecular weight is 222 g/mol. The fraction of sp³-hybridized carbons (Fsp3) is 0.500. The molecule has 1 rings (SSSR count). The standard InChI is InChI=1S/C12H18N2O2/c1-8-6-10(13-7-9(8)2)14-11(15)16-12(3,4)5/h6-7H,1-5H3,(H,13,14,15). The van der Waals surface area contributed by atoms with Crippen molar-refractivity contribution in [3.63, 3.8) is 0 Å². The van der Waals surface area contributed by atoms with Crippen LogP contribution in [0, 0.1) is 13.8 Å². The van der Waals surface area contributed by atoms with Crippen LogP contribution < -0.4 is 5.32 Å². The van der Waals surface area contributed by atoms with Gasteiger partial charge in [0.15, 0.2) is 0 Å². The van der Waals surface area contributed by atoms with Gasteiger partial charge in [0.05, 0.1) is 0 Å². The lowest BCUT2D eigenvalue weighted by Gasteiger charge is -2.19. The smallest absolute Gasteiger partial charge is 0.413 e. The first-order valence-electron chi connectivity index (χ1n) is 5.21. The molecule has 0 aliphatic carbocycles. The summed E-state index contributed by atoms with van der Waals surface area (Å²) in [5.74, 6) is 0.511. The third-order valence-corrected chi connectivity index (χ3v) is 2.00. The van der Waals surface area contributed by atoms with E-state index in [0.717, 1.165) is 11.1 Å². The lowest BCUT2D eigenvalue weighted by atomic mass is 10.2. The van der Waals surface area contributed by atoms with Crippen LogP contribution in [-0.4, -0.2) is 16.7 Å². The van der Waals surface area contributed by atoms with Crippen molar-refractivity contribution in [3.8, 4) is 0 Å². The van der Waals surface area contributed by atoms with Crippen molar-refractivity contribution in [1.82, 2.24) is 4.98 Å². The van der Waals surface area contributed by atoms with Crippen molar-refractivity contribution < 1.29 is 9.53 Å². The van der Waals surface area contributed by atoms with Gasteiger partial charge in [-0.05, 0) is 51.8 Å². The van der Waals surface area contributed by atoms with Gasteiger partial charge in [-0.25, -0.2) is 9.78 Å². The molecule has 0 radical (unpaired) electrons. The van der Waals surface area contributed by atoms with Gasteiger partial charge >= 0.3 is 6.09 Å². The molecule has 0 saturated heterocycles. The Labute approximate surface area is 96.0 Å². The summed E-state index contributed by atoms with van der Waals surface area (Å²) in [4.78, 5) is 15.5. The zero-order chi connectivity index (χ0) is 12.3. The maximum absolute atomic E-state index is 11.5. The maximum Gasteiger partial charge on any atom is 0.413 e. The summed E-state index contributed by atoms with van der Waals surface area (Å²) in [5, 5.41) is 2.59. The molecule has 1 aromatic rings. The highest BCUT2D eigenvalue weighted by Crippen LogP contribution is 2.12. The highest BCUT2D eigenvalue weighted by molar-refractivity contribution is 5.83. The predicted octanol–water partition coefficient (Wildman–Crippen LogP) is 3.05. The number of pyridine rings is 1. The second-order valence-corrected chi connectivity index (χ2v) is 4.78. The van der Waals surface area contributed by atoms with E-state index in [2.05, 4.69) is 10.3 Å². The molecule has 0 aromatic carbocycles. The van der Waals surface area contributed by atoms with Gasteiger partial charge in [0.25, 0.3) is 0 Å². The van der Waals surface area contributed by atoms with Crippen LogP contribution in [0.2, 0.25) is 0 Å². The second-order valence-electron chi connectivity index (χ2n) is 4.78. The third kappa shape index (κ3) is 3.88. The van der Waals surface area contributed by atoms with E-state index < -0.39 is 11.7 Å². The number of aromatic nitrogens is 1. The summed E-state index contributed by atoms with van der Waals surface area (Å²) in [6.07, 6.45) is 1.24. The fourth-order valence-corrected chi connectivity index (χ4v) is 1.10. The number of ether oxygens (including phenoxy) is 1. The zero-order valence-electron chi connectivity index (χ0n) is 10.4. The van der Waals surface area contributed by atoms with Crippen molar-refractivity contribution in [2.24, 2.45) is 0 Å². The Balaban J connectivity index is 2.67. The van der Waals surface area contributed by atoms with E-state index >= 15 is 0 Å². The monoisotopic (exact) mass is 222 g/mol. The maximum atomic E-state index is 11.5. The number of anilines is 1. The molecular weight excluding hydrogens is 204 g/mol. The highest BCUT2D eigenvalue weighted by atomic mass is 16.6. The predicted molar refractivity (Wildman–Crippen MR) is 63.6 cm³/mol. The third-order valence-electron chi connectivity index (χ3n) is 2.00. The molecule has 0 atom stereocenters. The first-order chi connectivity index (χ1) is 7.28. The van der Waals surface area contributed by atoms with Gasteiger partial charge in [0.2, 0.25) is 0 Å². The van der Waals surface area contributed by atoms with Crippen LogP contribution in [0.3, 0.4) is 0 Å². The molecule has 1 aromatic heterocycles. The molecule has 0 unspecified atom stereocenters. The molecule has 1 amide bonds. The molecule has 0 aliphatic rings. The number of amides is 1. The number of carbonyl (C=O) groups is 1. The highest BCUT2D eigenvalue weighted by Gasteiger charge is 2.16. The van der Waals surface area contributed by atoms with Crippen molar-refractivity contribution in [2.75, 3.05) is 5.32 Å². The number of aryl methyl sites for hydroxylation is 2. The molecule has 0 fully saturated rings. The minimum absolute atomic E-state index is 0.483. The SMILES string of the molecule is Cc1cnc(NC(=O)OC(C)(C)C)cc1C. The van der Waals surface area contributed by atoms with E-state index in [1.54, 1.807) is 6.20 Å². The first-order valence-corrected chi connectivity index (χ1v) is 5.21. The van der Waals surface area contributed by atoms with Crippen molar-refractivity contribution >= 4 is 11.9 Å². The first kappa shape index (κ1) is 12.5. The summed E-state index contributed by atoms with van der Waals surface area (Å²) in [6, 6.07) is 1.82. The number of rotatable bonds is 1. The van der Waals surface area contributed by atoms with Crippen molar-refractivity contribution in [1.29, 1.82) is 0 Å². The number of nitrogens with one attached hydrogen (secondary N) is 1. The largest absolute Gasteiger partial charge is 0.444 e. The van der Waals surface area contributed by atoms with E-state index in [1.807, 2.05) is 40.7 Å². The van der Waals surface area contributed by atoms with E-state index in [0.29, 0.717) is 5.82 Å². The topological polar surface area (TPSA) is 51.2 Å². The second kappa shape index (κ2) is 4.51. The van der Waals surface area contributed by atoms with Crippen LogP contribution in [0.4, 0.5) is 10.6 Å². The summed E-state index contributed by atoms with van der Waals surface area (Å²) in [5.41, 5.74) is 1.68. The summed E-state index contributed by atoms with van der Waals surface area (Å²) in [6.45, 7) is 9.40. The molecule has 0 saturated carbocycles. The van der Waals surface area contributed by atoms with Crippen LogP contribution in [0.5, 0.6) is 0 Å². The molecule has 0 aliphatic heterocycles. The van der Waals surface area contributed by atoms with Gasteiger partial charge in [0, 0.05) is 6.20 Å². The van der Waals surface area contributed by atoms with Gasteiger partial charge in [0.1, 0.15) is 11.4 Å². The van der Waals surface area contributed by atoms with Crippen LogP contribution in [0.15, 0.2) is 12.3 Å². The minimum Gasteiger partial charge on any atom is -0.444 e. The van der Waals surface area contributed by atoms with Crippen molar-refractivity contribution in [3.05, 3.63) is 23.4 Å². The van der Waals surface area contributed by atoms with Gasteiger partial charge in [-0.3, -0.25) is 5.32 Å². The Morgan fingerprint density at radius 2 is 1.94 bits per heavy atom. The Morgan fingerprint density at radius 3 is 2.44 bits per heavy atom. The number of hydrogen-bond donors (Lipinski definition) is 1. The quantitative estimate of drug-likeness (QED) is 0.794. The molecule has 88 valence electrons. The van der Waals surface area contributed by atoms with E-state index in [-0.39, 0.29) is 0 Å².